The van der Waals surface area contributed by atoms with Gasteiger partial charge in [-0.2, -0.15) is 0 Å². The summed E-state index contributed by atoms with van der Waals surface area (Å²) in [5.74, 6) is 0.974. The summed E-state index contributed by atoms with van der Waals surface area (Å²) in [4.78, 5) is 15.3. The SMILES string of the molecule is OCCCN(Cc1nc2ccccc2[nH]1)[C@H]1CCCc2cccnc21. The standard InChI is InChI=1S/C20H24N4O/c25-13-5-12-24(14-19-22-16-8-1-2-9-17(16)23-19)18-10-3-6-15-7-4-11-21-20(15)18/h1-2,4,7-9,11,18,25H,3,5-6,10,12-14H2,(H,22,23)/t18-/m0/s1. The highest BCUT2D eigenvalue weighted by Crippen LogP contribution is 2.33. The molecule has 5 heteroatoms. The van der Waals surface area contributed by atoms with E-state index in [0.29, 0.717) is 6.04 Å². The van der Waals surface area contributed by atoms with Gasteiger partial charge >= 0.3 is 0 Å². The molecule has 0 aliphatic heterocycles. The van der Waals surface area contributed by atoms with Crippen molar-refractivity contribution >= 4 is 11.0 Å². The van der Waals surface area contributed by atoms with E-state index in [9.17, 15) is 5.11 Å². The smallest absolute Gasteiger partial charge is 0.121 e. The number of benzene rings is 1. The van der Waals surface area contributed by atoms with Crippen molar-refractivity contribution in [3.63, 3.8) is 0 Å². The number of aryl methyl sites for hydroxylation is 1. The Kier molecular flexibility index (Phi) is 4.76. The number of nitrogens with one attached hydrogen (secondary N) is 1. The zero-order chi connectivity index (χ0) is 17.1. The number of rotatable bonds is 6. The van der Waals surface area contributed by atoms with Crippen molar-refractivity contribution in [2.75, 3.05) is 13.2 Å². The van der Waals surface area contributed by atoms with E-state index in [-0.39, 0.29) is 6.61 Å². The van der Waals surface area contributed by atoms with Crippen molar-refractivity contribution in [1.82, 2.24) is 19.9 Å². The van der Waals surface area contributed by atoms with Crippen LogP contribution in [0.1, 0.15) is 42.4 Å². The number of aliphatic hydroxyl groups excluding tert-OH is 1. The number of aromatic amines is 1. The molecule has 1 aromatic carbocycles. The van der Waals surface area contributed by atoms with Gasteiger partial charge < -0.3 is 10.1 Å². The van der Waals surface area contributed by atoms with E-state index < -0.39 is 0 Å². The van der Waals surface area contributed by atoms with Crippen LogP contribution in [-0.4, -0.2) is 38.1 Å². The molecule has 0 fully saturated rings. The lowest BCUT2D eigenvalue weighted by molar-refractivity contribution is 0.146. The monoisotopic (exact) mass is 336 g/mol. The summed E-state index contributed by atoms with van der Waals surface area (Å²) in [5.41, 5.74) is 4.63. The average molecular weight is 336 g/mol. The van der Waals surface area contributed by atoms with Crippen molar-refractivity contribution < 1.29 is 5.11 Å². The summed E-state index contributed by atoms with van der Waals surface area (Å²) < 4.78 is 0. The van der Waals surface area contributed by atoms with Gasteiger partial charge in [0.05, 0.1) is 29.3 Å². The van der Waals surface area contributed by atoms with Crippen LogP contribution in [-0.2, 0) is 13.0 Å². The Labute approximate surface area is 147 Å². The van der Waals surface area contributed by atoms with Crippen molar-refractivity contribution in [3.05, 3.63) is 59.7 Å². The molecule has 2 aromatic heterocycles. The molecular formula is C20H24N4O. The first-order valence-corrected chi connectivity index (χ1v) is 9.07. The zero-order valence-corrected chi connectivity index (χ0v) is 14.4. The first-order valence-electron chi connectivity index (χ1n) is 9.07. The van der Waals surface area contributed by atoms with E-state index in [4.69, 9.17) is 4.98 Å². The lowest BCUT2D eigenvalue weighted by atomic mass is 9.90. The fraction of sp³-hybridized carbons (Fsp3) is 0.400. The Bertz CT molecular complexity index is 811. The van der Waals surface area contributed by atoms with Crippen molar-refractivity contribution in [2.45, 2.75) is 38.3 Å². The van der Waals surface area contributed by atoms with Crippen LogP contribution in [0, 0.1) is 0 Å². The summed E-state index contributed by atoms with van der Waals surface area (Å²) in [7, 11) is 0. The molecule has 0 radical (unpaired) electrons. The fourth-order valence-corrected chi connectivity index (χ4v) is 3.83. The summed E-state index contributed by atoms with van der Waals surface area (Å²) in [6, 6.07) is 12.6. The van der Waals surface area contributed by atoms with Crippen molar-refractivity contribution in [3.8, 4) is 0 Å². The van der Waals surface area contributed by atoms with Crippen LogP contribution in [0.2, 0.25) is 0 Å². The molecule has 5 nitrogen and oxygen atoms in total. The highest BCUT2D eigenvalue weighted by atomic mass is 16.3. The normalized spacial score (nSPS) is 17.1. The number of imidazole rings is 1. The third kappa shape index (κ3) is 3.43. The fourth-order valence-electron chi connectivity index (χ4n) is 3.83. The van der Waals surface area contributed by atoms with Crippen molar-refractivity contribution in [2.24, 2.45) is 0 Å². The summed E-state index contributed by atoms with van der Waals surface area (Å²) in [6.07, 6.45) is 6.05. The van der Waals surface area contributed by atoms with E-state index in [2.05, 4.69) is 27.0 Å². The Morgan fingerprint density at radius 2 is 2.12 bits per heavy atom. The maximum Gasteiger partial charge on any atom is 0.121 e. The molecule has 1 atom stereocenters. The Balaban J connectivity index is 1.62. The molecule has 25 heavy (non-hydrogen) atoms. The molecule has 0 spiro atoms. The van der Waals surface area contributed by atoms with E-state index in [0.717, 1.165) is 49.2 Å². The van der Waals surface area contributed by atoms with Gasteiger partial charge in [-0.25, -0.2) is 4.98 Å². The van der Waals surface area contributed by atoms with Gasteiger partial charge in [0, 0.05) is 19.3 Å². The van der Waals surface area contributed by atoms with Gasteiger partial charge in [-0.05, 0) is 49.4 Å². The number of nitrogens with zero attached hydrogens (tertiary/aromatic N) is 3. The van der Waals surface area contributed by atoms with Crippen LogP contribution in [0.25, 0.3) is 11.0 Å². The molecule has 0 unspecified atom stereocenters. The van der Waals surface area contributed by atoms with Crippen molar-refractivity contribution in [1.29, 1.82) is 0 Å². The van der Waals surface area contributed by atoms with E-state index >= 15 is 0 Å². The summed E-state index contributed by atoms with van der Waals surface area (Å²) >= 11 is 0. The van der Waals surface area contributed by atoms with Crippen LogP contribution in [0.5, 0.6) is 0 Å². The maximum atomic E-state index is 9.32. The molecule has 0 saturated heterocycles. The molecule has 130 valence electrons. The van der Waals surface area contributed by atoms with Gasteiger partial charge in [-0.15, -0.1) is 0 Å². The number of aliphatic hydroxyl groups is 1. The number of aromatic nitrogens is 3. The minimum atomic E-state index is 0.207. The second-order valence-corrected chi connectivity index (χ2v) is 6.70. The average Bonchev–Trinajstić information content (AvgIpc) is 3.07. The largest absolute Gasteiger partial charge is 0.396 e. The molecule has 0 saturated carbocycles. The van der Waals surface area contributed by atoms with Gasteiger partial charge in [0.15, 0.2) is 0 Å². The van der Waals surface area contributed by atoms with E-state index in [1.165, 1.54) is 17.7 Å². The molecule has 2 N–H and O–H groups in total. The van der Waals surface area contributed by atoms with Crippen LogP contribution in [0.3, 0.4) is 0 Å². The molecule has 1 aliphatic rings. The number of pyridine rings is 1. The number of H-pyrrole nitrogens is 1. The predicted octanol–water partition coefficient (Wildman–Crippen LogP) is 3.22. The van der Waals surface area contributed by atoms with Crippen LogP contribution >= 0.6 is 0 Å². The lowest BCUT2D eigenvalue weighted by Crippen LogP contribution is -2.33. The van der Waals surface area contributed by atoms with Gasteiger partial charge in [0.2, 0.25) is 0 Å². The Morgan fingerprint density at radius 3 is 3.00 bits per heavy atom. The third-order valence-corrected chi connectivity index (χ3v) is 5.00. The molecule has 4 rings (SSSR count). The number of para-hydroxylation sites is 2. The highest BCUT2D eigenvalue weighted by Gasteiger charge is 2.27. The lowest BCUT2D eigenvalue weighted by Gasteiger charge is -2.34. The molecule has 1 aliphatic carbocycles. The maximum absolute atomic E-state index is 9.32. The second kappa shape index (κ2) is 7.33. The van der Waals surface area contributed by atoms with E-state index in [1.54, 1.807) is 0 Å². The third-order valence-electron chi connectivity index (χ3n) is 5.00. The Morgan fingerprint density at radius 1 is 1.20 bits per heavy atom. The van der Waals surface area contributed by atoms with Crippen LogP contribution in [0.4, 0.5) is 0 Å². The van der Waals surface area contributed by atoms with Gasteiger partial charge in [0.1, 0.15) is 5.82 Å². The highest BCUT2D eigenvalue weighted by molar-refractivity contribution is 5.74. The van der Waals surface area contributed by atoms with E-state index in [1.807, 2.05) is 30.5 Å². The minimum Gasteiger partial charge on any atom is -0.396 e. The topological polar surface area (TPSA) is 65.0 Å². The first kappa shape index (κ1) is 16.2. The summed E-state index contributed by atoms with van der Waals surface area (Å²) in [5, 5.41) is 9.32. The van der Waals surface area contributed by atoms with Gasteiger partial charge in [0.25, 0.3) is 0 Å². The molecule has 0 bridgehead atoms. The molecule has 0 amide bonds. The predicted molar refractivity (Wildman–Crippen MR) is 98.1 cm³/mol. The van der Waals surface area contributed by atoms with Crippen LogP contribution in [0.15, 0.2) is 42.6 Å². The number of hydrogen-bond acceptors (Lipinski definition) is 4. The molecular weight excluding hydrogens is 312 g/mol. The van der Waals surface area contributed by atoms with Crippen LogP contribution < -0.4 is 0 Å². The zero-order valence-electron chi connectivity index (χ0n) is 14.4. The molecule has 3 aromatic rings. The van der Waals surface area contributed by atoms with Gasteiger partial charge in [-0.1, -0.05) is 18.2 Å². The Hall–Kier alpha value is -2.24. The second-order valence-electron chi connectivity index (χ2n) is 6.70. The molecule has 2 heterocycles. The summed E-state index contributed by atoms with van der Waals surface area (Å²) in [6.45, 7) is 1.79. The first-order chi connectivity index (χ1) is 12.3. The minimum absolute atomic E-state index is 0.207. The number of hydrogen-bond donors (Lipinski definition) is 2. The quantitative estimate of drug-likeness (QED) is 0.725. The van der Waals surface area contributed by atoms with Gasteiger partial charge in [-0.3, -0.25) is 9.88 Å². The number of fused-ring (bicyclic) bond motifs is 2.